The number of amides is 1. The van der Waals surface area contributed by atoms with Gasteiger partial charge in [-0.3, -0.25) is 4.79 Å². The van der Waals surface area contributed by atoms with Crippen molar-refractivity contribution in [2.75, 3.05) is 13.7 Å². The van der Waals surface area contributed by atoms with Gasteiger partial charge in [0.25, 0.3) is 5.91 Å². The van der Waals surface area contributed by atoms with Gasteiger partial charge < -0.3 is 9.64 Å². The maximum absolute atomic E-state index is 13.4. The molecule has 3 aromatic rings. The Balaban J connectivity index is 1.78. The van der Waals surface area contributed by atoms with Crippen molar-refractivity contribution in [2.45, 2.75) is 12.5 Å². The molecule has 1 aliphatic heterocycles. The number of hydrogen-bond donors (Lipinski definition) is 0. The molecule has 1 amide bonds. The van der Waals surface area contributed by atoms with E-state index in [2.05, 4.69) is 18.2 Å². The SMILES string of the molecule is COc1cccc(C(=O)N2CCc3ccccc3[C@H]2c2ccc(Cl)cc2)c1. The van der Waals surface area contributed by atoms with Crippen LogP contribution in [0.4, 0.5) is 0 Å². The molecule has 0 saturated carbocycles. The summed E-state index contributed by atoms with van der Waals surface area (Å²) in [6.45, 7) is 0.667. The van der Waals surface area contributed by atoms with E-state index in [1.54, 1.807) is 13.2 Å². The zero-order valence-corrected chi connectivity index (χ0v) is 15.8. The first-order valence-electron chi connectivity index (χ1n) is 8.95. The number of fused-ring (bicyclic) bond motifs is 1. The quantitative estimate of drug-likeness (QED) is 0.632. The van der Waals surface area contributed by atoms with E-state index < -0.39 is 0 Å². The summed E-state index contributed by atoms with van der Waals surface area (Å²) in [6, 6.07) is 23.3. The van der Waals surface area contributed by atoms with Crippen LogP contribution in [0.3, 0.4) is 0 Å². The van der Waals surface area contributed by atoms with E-state index in [0.717, 1.165) is 12.0 Å². The Labute approximate surface area is 164 Å². The average Bonchev–Trinajstić information content (AvgIpc) is 2.73. The Hall–Kier alpha value is -2.78. The normalized spacial score (nSPS) is 15.9. The summed E-state index contributed by atoms with van der Waals surface area (Å²) < 4.78 is 5.29. The van der Waals surface area contributed by atoms with E-state index in [1.165, 1.54) is 11.1 Å². The standard InChI is InChI=1S/C23H20ClNO2/c1-27-20-7-4-6-18(15-20)23(26)25-14-13-16-5-2-3-8-21(16)22(25)17-9-11-19(24)12-10-17/h2-12,15,22H,13-14H2,1H3/t22-/m1/s1. The van der Waals surface area contributed by atoms with E-state index in [4.69, 9.17) is 16.3 Å². The minimum absolute atomic E-state index is 0.00310. The molecule has 0 saturated heterocycles. The fourth-order valence-corrected chi connectivity index (χ4v) is 3.84. The van der Waals surface area contributed by atoms with Crippen LogP contribution in [0.5, 0.6) is 5.75 Å². The van der Waals surface area contributed by atoms with Crippen molar-refractivity contribution in [3.8, 4) is 5.75 Å². The van der Waals surface area contributed by atoms with Gasteiger partial charge in [-0.2, -0.15) is 0 Å². The number of nitrogens with zero attached hydrogens (tertiary/aromatic N) is 1. The van der Waals surface area contributed by atoms with Crippen LogP contribution in [0.25, 0.3) is 0 Å². The van der Waals surface area contributed by atoms with Crippen LogP contribution in [0.1, 0.15) is 33.1 Å². The van der Waals surface area contributed by atoms with Crippen molar-refractivity contribution >= 4 is 17.5 Å². The predicted octanol–water partition coefficient (Wildman–Crippen LogP) is 5.14. The second-order valence-electron chi connectivity index (χ2n) is 6.63. The fourth-order valence-electron chi connectivity index (χ4n) is 3.71. The lowest BCUT2D eigenvalue weighted by molar-refractivity contribution is 0.0694. The largest absolute Gasteiger partial charge is 0.497 e. The maximum atomic E-state index is 13.4. The summed E-state index contributed by atoms with van der Waals surface area (Å²) in [6.07, 6.45) is 0.843. The van der Waals surface area contributed by atoms with Gasteiger partial charge in [-0.25, -0.2) is 0 Å². The topological polar surface area (TPSA) is 29.5 Å². The molecular formula is C23H20ClNO2. The summed E-state index contributed by atoms with van der Waals surface area (Å²) in [5.41, 5.74) is 4.14. The van der Waals surface area contributed by atoms with Gasteiger partial charge in [-0.05, 0) is 53.4 Å². The van der Waals surface area contributed by atoms with Gasteiger partial charge in [-0.15, -0.1) is 0 Å². The lowest BCUT2D eigenvalue weighted by Gasteiger charge is -2.38. The first-order chi connectivity index (χ1) is 13.2. The number of carbonyl (C=O) groups is 1. The minimum Gasteiger partial charge on any atom is -0.497 e. The molecule has 27 heavy (non-hydrogen) atoms. The zero-order valence-electron chi connectivity index (χ0n) is 15.1. The van der Waals surface area contributed by atoms with Crippen molar-refractivity contribution in [2.24, 2.45) is 0 Å². The van der Waals surface area contributed by atoms with Crippen molar-refractivity contribution in [3.63, 3.8) is 0 Å². The maximum Gasteiger partial charge on any atom is 0.254 e. The fraction of sp³-hybridized carbons (Fsp3) is 0.174. The summed E-state index contributed by atoms with van der Waals surface area (Å²) in [5, 5.41) is 0.688. The third-order valence-electron chi connectivity index (χ3n) is 5.05. The molecule has 4 rings (SSSR count). The van der Waals surface area contributed by atoms with E-state index in [0.29, 0.717) is 22.9 Å². The highest BCUT2D eigenvalue weighted by Gasteiger charge is 2.32. The van der Waals surface area contributed by atoms with Crippen molar-refractivity contribution < 1.29 is 9.53 Å². The third-order valence-corrected chi connectivity index (χ3v) is 5.30. The van der Waals surface area contributed by atoms with E-state index in [9.17, 15) is 4.79 Å². The van der Waals surface area contributed by atoms with Crippen LogP contribution in [-0.2, 0) is 6.42 Å². The van der Waals surface area contributed by atoms with E-state index >= 15 is 0 Å². The Kier molecular flexibility index (Phi) is 4.87. The van der Waals surface area contributed by atoms with Crippen molar-refractivity contribution in [1.82, 2.24) is 4.90 Å². The molecule has 1 aliphatic rings. The lowest BCUT2D eigenvalue weighted by atomic mass is 9.87. The highest BCUT2D eigenvalue weighted by molar-refractivity contribution is 6.30. The molecule has 3 nitrogen and oxygen atoms in total. The molecule has 0 N–H and O–H groups in total. The van der Waals surface area contributed by atoms with Crippen LogP contribution >= 0.6 is 11.6 Å². The van der Waals surface area contributed by atoms with E-state index in [1.807, 2.05) is 53.4 Å². The summed E-state index contributed by atoms with van der Waals surface area (Å²) in [7, 11) is 1.61. The predicted molar refractivity (Wildman–Crippen MR) is 107 cm³/mol. The molecule has 0 radical (unpaired) electrons. The number of rotatable bonds is 3. The smallest absolute Gasteiger partial charge is 0.254 e. The van der Waals surface area contributed by atoms with Crippen LogP contribution < -0.4 is 4.74 Å². The van der Waals surface area contributed by atoms with Gasteiger partial charge >= 0.3 is 0 Å². The number of methoxy groups -OCH3 is 1. The molecule has 1 heterocycles. The van der Waals surface area contributed by atoms with Gasteiger partial charge in [0.1, 0.15) is 5.75 Å². The molecule has 0 aliphatic carbocycles. The summed E-state index contributed by atoms with van der Waals surface area (Å²) in [5.74, 6) is 0.685. The molecular weight excluding hydrogens is 358 g/mol. The van der Waals surface area contributed by atoms with Crippen LogP contribution in [-0.4, -0.2) is 24.5 Å². The Morgan fingerprint density at radius 1 is 1.04 bits per heavy atom. The monoisotopic (exact) mass is 377 g/mol. The van der Waals surface area contributed by atoms with Gasteiger partial charge in [0.05, 0.1) is 13.2 Å². The summed E-state index contributed by atoms with van der Waals surface area (Å²) >= 11 is 6.08. The second-order valence-corrected chi connectivity index (χ2v) is 7.07. The van der Waals surface area contributed by atoms with Gasteiger partial charge in [0.2, 0.25) is 0 Å². The molecule has 3 aromatic carbocycles. The highest BCUT2D eigenvalue weighted by atomic mass is 35.5. The van der Waals surface area contributed by atoms with Crippen molar-refractivity contribution in [1.29, 1.82) is 0 Å². The average molecular weight is 378 g/mol. The third kappa shape index (κ3) is 3.43. The second kappa shape index (κ2) is 7.45. The molecule has 4 heteroatoms. The Bertz CT molecular complexity index is 968. The minimum atomic E-state index is -0.133. The van der Waals surface area contributed by atoms with Gasteiger partial charge in [-0.1, -0.05) is 54.1 Å². The van der Waals surface area contributed by atoms with Crippen molar-refractivity contribution in [3.05, 3.63) is 100 Å². The number of ether oxygens (including phenoxy) is 1. The van der Waals surface area contributed by atoms with Gasteiger partial charge in [0, 0.05) is 17.1 Å². The van der Waals surface area contributed by atoms with Crippen LogP contribution in [0.2, 0.25) is 5.02 Å². The van der Waals surface area contributed by atoms with Crippen LogP contribution in [0, 0.1) is 0 Å². The van der Waals surface area contributed by atoms with Gasteiger partial charge in [0.15, 0.2) is 0 Å². The first-order valence-corrected chi connectivity index (χ1v) is 9.33. The lowest BCUT2D eigenvalue weighted by Crippen LogP contribution is -2.40. The number of benzene rings is 3. The molecule has 0 unspecified atom stereocenters. The Morgan fingerprint density at radius 2 is 1.81 bits per heavy atom. The van der Waals surface area contributed by atoms with E-state index in [-0.39, 0.29) is 11.9 Å². The number of halogens is 1. The molecule has 1 atom stereocenters. The molecule has 0 fully saturated rings. The Morgan fingerprint density at radius 3 is 2.59 bits per heavy atom. The number of carbonyl (C=O) groups excluding carboxylic acids is 1. The molecule has 0 aromatic heterocycles. The first kappa shape index (κ1) is 17.6. The zero-order chi connectivity index (χ0) is 18.8. The summed E-state index contributed by atoms with van der Waals surface area (Å²) in [4.78, 5) is 15.3. The number of hydrogen-bond acceptors (Lipinski definition) is 2. The highest BCUT2D eigenvalue weighted by Crippen LogP contribution is 2.36. The van der Waals surface area contributed by atoms with Crippen LogP contribution in [0.15, 0.2) is 72.8 Å². The molecule has 136 valence electrons. The molecule has 0 bridgehead atoms. The molecule has 0 spiro atoms.